The fraction of sp³-hybridized carbons (Fsp3) is 0.714. The van der Waals surface area contributed by atoms with Crippen LogP contribution in [0, 0.1) is 5.41 Å². The Balaban J connectivity index is 0.00000225. The molecule has 0 radical (unpaired) electrons. The molecule has 0 atom stereocenters. The van der Waals surface area contributed by atoms with Crippen LogP contribution in [0.3, 0.4) is 0 Å². The zero-order valence-electron chi connectivity index (χ0n) is 18.1. The number of anilines is 1. The number of carbonyl (C=O) groups excluding carboxylic acids is 2. The summed E-state index contributed by atoms with van der Waals surface area (Å²) in [4.78, 5) is 39.8. The molecule has 1 aromatic heterocycles. The van der Waals surface area contributed by atoms with Crippen LogP contribution in [0.25, 0.3) is 0 Å². The van der Waals surface area contributed by atoms with Gasteiger partial charge in [-0.2, -0.15) is 0 Å². The SMILES string of the molecule is CCC1(CC)CC(=O)N(CCCCN2CCN(c3ncccn3)CC2)C(=O)C1.Cl.Cl. The topological polar surface area (TPSA) is 69.6 Å². The van der Waals surface area contributed by atoms with E-state index in [0.717, 1.165) is 64.4 Å². The second-order valence-electron chi connectivity index (χ2n) is 8.08. The van der Waals surface area contributed by atoms with Crippen molar-refractivity contribution in [1.82, 2.24) is 19.8 Å². The van der Waals surface area contributed by atoms with Crippen LogP contribution < -0.4 is 4.90 Å². The number of nitrogens with zero attached hydrogens (tertiary/aromatic N) is 5. The summed E-state index contributed by atoms with van der Waals surface area (Å²) in [5.74, 6) is 0.854. The van der Waals surface area contributed by atoms with Crippen LogP contribution in [-0.4, -0.2) is 70.9 Å². The molecular formula is C21H35Cl2N5O2. The molecule has 2 aliphatic rings. The third-order valence-electron chi connectivity index (χ3n) is 6.47. The lowest BCUT2D eigenvalue weighted by Crippen LogP contribution is -2.48. The monoisotopic (exact) mass is 459 g/mol. The summed E-state index contributed by atoms with van der Waals surface area (Å²) >= 11 is 0. The lowest BCUT2D eigenvalue weighted by Gasteiger charge is -2.39. The zero-order chi connectivity index (χ0) is 20.0. The van der Waals surface area contributed by atoms with Crippen molar-refractivity contribution in [3.8, 4) is 0 Å². The second-order valence-corrected chi connectivity index (χ2v) is 8.08. The molecule has 0 aromatic carbocycles. The highest BCUT2D eigenvalue weighted by Gasteiger charge is 2.40. The molecular weight excluding hydrogens is 425 g/mol. The maximum Gasteiger partial charge on any atom is 0.229 e. The molecule has 170 valence electrons. The predicted molar refractivity (Wildman–Crippen MR) is 123 cm³/mol. The van der Waals surface area contributed by atoms with E-state index in [4.69, 9.17) is 0 Å². The number of imide groups is 1. The molecule has 3 heterocycles. The van der Waals surface area contributed by atoms with E-state index >= 15 is 0 Å². The van der Waals surface area contributed by atoms with Gasteiger partial charge < -0.3 is 4.90 Å². The summed E-state index contributed by atoms with van der Waals surface area (Å²) in [6.07, 6.45) is 8.29. The fourth-order valence-electron chi connectivity index (χ4n) is 4.26. The van der Waals surface area contributed by atoms with Gasteiger partial charge in [-0.25, -0.2) is 9.97 Å². The minimum absolute atomic E-state index is 0. The van der Waals surface area contributed by atoms with Gasteiger partial charge in [-0.05, 0) is 43.7 Å². The Morgan fingerprint density at radius 1 is 0.867 bits per heavy atom. The van der Waals surface area contributed by atoms with Crippen molar-refractivity contribution in [2.75, 3.05) is 44.2 Å². The maximum atomic E-state index is 12.5. The van der Waals surface area contributed by atoms with Gasteiger partial charge in [0.1, 0.15) is 0 Å². The molecule has 3 rings (SSSR count). The second kappa shape index (κ2) is 12.4. The number of aromatic nitrogens is 2. The molecule has 2 aliphatic heterocycles. The molecule has 9 heteroatoms. The van der Waals surface area contributed by atoms with Gasteiger partial charge in [-0.1, -0.05) is 13.8 Å². The van der Waals surface area contributed by atoms with Gasteiger partial charge in [-0.15, -0.1) is 24.8 Å². The summed E-state index contributed by atoms with van der Waals surface area (Å²) in [6.45, 7) is 9.61. The zero-order valence-corrected chi connectivity index (χ0v) is 19.7. The first-order chi connectivity index (χ1) is 13.6. The van der Waals surface area contributed by atoms with Gasteiger partial charge in [0.25, 0.3) is 0 Å². The van der Waals surface area contributed by atoms with E-state index in [1.165, 1.54) is 4.90 Å². The number of piperidine rings is 1. The van der Waals surface area contributed by atoms with Crippen LogP contribution in [-0.2, 0) is 9.59 Å². The first-order valence-corrected chi connectivity index (χ1v) is 10.6. The highest BCUT2D eigenvalue weighted by atomic mass is 35.5. The summed E-state index contributed by atoms with van der Waals surface area (Å²) < 4.78 is 0. The van der Waals surface area contributed by atoms with E-state index in [2.05, 4.69) is 33.6 Å². The van der Waals surface area contributed by atoms with Crippen LogP contribution in [0.4, 0.5) is 5.95 Å². The van der Waals surface area contributed by atoms with Crippen molar-refractivity contribution in [1.29, 1.82) is 0 Å². The molecule has 0 aliphatic carbocycles. The van der Waals surface area contributed by atoms with Crippen LogP contribution in [0.1, 0.15) is 52.4 Å². The molecule has 0 N–H and O–H groups in total. The number of unbranched alkanes of at least 4 members (excludes halogenated alkanes) is 1. The largest absolute Gasteiger partial charge is 0.338 e. The summed E-state index contributed by atoms with van der Waals surface area (Å²) in [5.41, 5.74) is -0.104. The first kappa shape index (κ1) is 26.6. The molecule has 0 bridgehead atoms. The lowest BCUT2D eigenvalue weighted by molar-refractivity contribution is -0.153. The van der Waals surface area contributed by atoms with Crippen LogP contribution in [0.5, 0.6) is 0 Å². The Labute approximate surface area is 192 Å². The normalized spacial score (nSPS) is 19.3. The number of hydrogen-bond acceptors (Lipinski definition) is 6. The smallest absolute Gasteiger partial charge is 0.229 e. The number of halogens is 2. The van der Waals surface area contributed by atoms with Gasteiger partial charge in [0.05, 0.1) is 0 Å². The number of hydrogen-bond donors (Lipinski definition) is 0. The Morgan fingerprint density at radius 2 is 1.40 bits per heavy atom. The molecule has 2 amide bonds. The van der Waals surface area contributed by atoms with E-state index in [1.54, 1.807) is 12.4 Å². The maximum absolute atomic E-state index is 12.5. The molecule has 0 unspecified atom stereocenters. The number of piperazine rings is 1. The quantitative estimate of drug-likeness (QED) is 0.439. The highest BCUT2D eigenvalue weighted by Crippen LogP contribution is 2.39. The minimum Gasteiger partial charge on any atom is -0.338 e. The van der Waals surface area contributed by atoms with E-state index < -0.39 is 0 Å². The molecule has 1 aromatic rings. The Morgan fingerprint density at radius 3 is 1.93 bits per heavy atom. The van der Waals surface area contributed by atoms with E-state index in [-0.39, 0.29) is 42.0 Å². The first-order valence-electron chi connectivity index (χ1n) is 10.6. The Kier molecular flexibility index (Phi) is 11.0. The molecule has 7 nitrogen and oxygen atoms in total. The number of carbonyl (C=O) groups is 2. The average Bonchev–Trinajstić information content (AvgIpc) is 2.73. The van der Waals surface area contributed by atoms with Gasteiger partial charge >= 0.3 is 0 Å². The predicted octanol–water partition coefficient (Wildman–Crippen LogP) is 3.18. The van der Waals surface area contributed by atoms with E-state index in [9.17, 15) is 9.59 Å². The van der Waals surface area contributed by atoms with E-state index in [1.807, 2.05) is 6.07 Å². The molecule has 2 saturated heterocycles. The van der Waals surface area contributed by atoms with Crippen molar-refractivity contribution < 1.29 is 9.59 Å². The van der Waals surface area contributed by atoms with Crippen molar-refractivity contribution in [3.05, 3.63) is 18.5 Å². The third-order valence-corrected chi connectivity index (χ3v) is 6.47. The van der Waals surface area contributed by atoms with E-state index in [0.29, 0.717) is 19.4 Å². The van der Waals surface area contributed by atoms with Gasteiger partial charge in [0.2, 0.25) is 17.8 Å². The number of rotatable bonds is 8. The number of amides is 2. The van der Waals surface area contributed by atoms with Crippen LogP contribution >= 0.6 is 24.8 Å². The molecule has 2 fully saturated rings. The standard InChI is InChI=1S/C21H33N5O2.2ClH/c1-3-21(4-2)16-18(27)26(19(28)17-21)11-6-5-10-24-12-14-25(15-13-24)20-22-8-7-9-23-20;;/h7-9H,3-6,10-17H2,1-2H3;2*1H. The Hall–Kier alpha value is -1.44. The fourth-order valence-corrected chi connectivity index (χ4v) is 4.26. The summed E-state index contributed by atoms with van der Waals surface area (Å²) in [5, 5.41) is 0. The highest BCUT2D eigenvalue weighted by molar-refractivity contribution is 5.98. The van der Waals surface area contributed by atoms with Crippen LogP contribution in [0.15, 0.2) is 18.5 Å². The number of likely N-dealkylation sites (tertiary alicyclic amines) is 1. The third kappa shape index (κ3) is 6.53. The molecule has 30 heavy (non-hydrogen) atoms. The average molecular weight is 460 g/mol. The van der Waals surface area contributed by atoms with Crippen LogP contribution in [0.2, 0.25) is 0 Å². The summed E-state index contributed by atoms with van der Waals surface area (Å²) in [7, 11) is 0. The van der Waals surface area contributed by atoms with Crippen molar-refractivity contribution in [2.24, 2.45) is 5.41 Å². The van der Waals surface area contributed by atoms with Crippen molar-refractivity contribution in [2.45, 2.75) is 52.4 Å². The molecule has 0 spiro atoms. The van der Waals surface area contributed by atoms with Crippen molar-refractivity contribution >= 4 is 42.6 Å². The van der Waals surface area contributed by atoms with Gasteiger partial charge in [-0.3, -0.25) is 19.4 Å². The lowest BCUT2D eigenvalue weighted by atomic mass is 9.73. The minimum atomic E-state index is -0.104. The van der Waals surface area contributed by atoms with Gasteiger partial charge in [0.15, 0.2) is 0 Å². The summed E-state index contributed by atoms with van der Waals surface area (Å²) in [6, 6.07) is 1.84. The molecule has 0 saturated carbocycles. The Bertz CT molecular complexity index is 645. The van der Waals surface area contributed by atoms with Crippen molar-refractivity contribution in [3.63, 3.8) is 0 Å². The van der Waals surface area contributed by atoms with Gasteiger partial charge in [0, 0.05) is 58.0 Å².